The number of aliphatic hydroxyl groups excluding tert-OH is 1. The van der Waals surface area contributed by atoms with E-state index in [1.807, 2.05) is 54.6 Å². The predicted molar refractivity (Wildman–Crippen MR) is 121 cm³/mol. The van der Waals surface area contributed by atoms with Crippen molar-refractivity contribution in [1.82, 2.24) is 14.7 Å². The van der Waals surface area contributed by atoms with Gasteiger partial charge in [-0.3, -0.25) is 9.48 Å². The van der Waals surface area contributed by atoms with Gasteiger partial charge < -0.3 is 19.8 Å². The third-order valence-electron chi connectivity index (χ3n) is 6.72. The average molecular weight is 498 g/mol. The molecule has 1 aromatic heterocycles. The summed E-state index contributed by atoms with van der Waals surface area (Å²) in [5.74, 6) is -1.50. The molecular formula is C24H24BrN3O4. The number of hydrogen-bond donors (Lipinski definition) is 2. The van der Waals surface area contributed by atoms with Crippen molar-refractivity contribution < 1.29 is 19.7 Å². The van der Waals surface area contributed by atoms with Gasteiger partial charge in [-0.2, -0.15) is 5.10 Å². The molecule has 1 amide bonds. The van der Waals surface area contributed by atoms with Gasteiger partial charge in [-0.1, -0.05) is 58.4 Å². The van der Waals surface area contributed by atoms with Crippen LogP contribution in [0.1, 0.15) is 22.7 Å². The van der Waals surface area contributed by atoms with Crippen LogP contribution in [0.5, 0.6) is 5.75 Å². The summed E-state index contributed by atoms with van der Waals surface area (Å²) in [5.41, 5.74) is -1.69. The zero-order chi connectivity index (χ0) is 22.8. The summed E-state index contributed by atoms with van der Waals surface area (Å²) in [7, 11) is 5.02. The molecule has 2 heterocycles. The highest BCUT2D eigenvalue weighted by Crippen LogP contribution is 2.68. The Morgan fingerprint density at radius 1 is 1.16 bits per heavy atom. The summed E-state index contributed by atoms with van der Waals surface area (Å²) in [5, 5.41) is 28.5. The molecule has 5 rings (SSSR count). The second-order valence-corrected chi connectivity index (χ2v) is 9.63. The van der Waals surface area contributed by atoms with E-state index in [0.29, 0.717) is 11.3 Å². The lowest BCUT2D eigenvalue weighted by atomic mass is 9.71. The van der Waals surface area contributed by atoms with Gasteiger partial charge >= 0.3 is 0 Å². The molecule has 0 saturated heterocycles. The van der Waals surface area contributed by atoms with E-state index < -0.39 is 29.1 Å². The fourth-order valence-corrected chi connectivity index (χ4v) is 5.69. The number of aromatic nitrogens is 2. The molecule has 166 valence electrons. The van der Waals surface area contributed by atoms with E-state index in [1.165, 1.54) is 4.90 Å². The molecular weight excluding hydrogens is 474 g/mol. The minimum Gasteiger partial charge on any atom is -0.475 e. The third kappa shape index (κ3) is 2.60. The molecule has 3 aromatic rings. The Hall–Kier alpha value is -2.68. The number of aryl methyl sites for hydroxylation is 1. The standard InChI is InChI=1S/C24H24BrN3O4/c1-27(2)22(30)18-19(14-7-5-4-6-8-14)24(15-9-11-16(25)12-10-15)23(31,21(18)29)20-17(32-24)13-28(3)26-20/h4-13,18-19,21,29,31H,1-3H3/t18-,19-,21-,23+,24+/m1/s1. The van der Waals surface area contributed by atoms with Crippen molar-refractivity contribution in [3.8, 4) is 5.75 Å². The lowest BCUT2D eigenvalue weighted by Gasteiger charge is -2.40. The molecule has 8 heteroatoms. The van der Waals surface area contributed by atoms with Crippen LogP contribution in [0.4, 0.5) is 0 Å². The summed E-state index contributed by atoms with van der Waals surface area (Å²) in [6.45, 7) is 0. The second-order valence-electron chi connectivity index (χ2n) is 8.72. The second kappa shape index (κ2) is 7.16. The number of carbonyl (C=O) groups is 1. The maximum atomic E-state index is 13.4. The highest BCUT2D eigenvalue weighted by atomic mass is 79.9. The van der Waals surface area contributed by atoms with Crippen LogP contribution in [-0.4, -0.2) is 51.0 Å². The lowest BCUT2D eigenvalue weighted by molar-refractivity contribution is -0.158. The van der Waals surface area contributed by atoms with Crippen LogP contribution in [-0.2, 0) is 23.0 Å². The Bertz CT molecular complexity index is 1180. The van der Waals surface area contributed by atoms with E-state index in [9.17, 15) is 15.0 Å². The molecule has 0 bridgehead atoms. The molecule has 0 radical (unpaired) electrons. The number of nitrogens with zero attached hydrogens (tertiary/aromatic N) is 3. The zero-order valence-corrected chi connectivity index (χ0v) is 19.5. The SMILES string of the molecule is CN(C)C(=O)[C@H]1[C@@H](O)[C@@]2(O)c3nn(C)cc3O[C@@]2(c2ccc(Br)cc2)[C@@H]1c1ccccc1. The van der Waals surface area contributed by atoms with E-state index in [-0.39, 0.29) is 11.6 Å². The summed E-state index contributed by atoms with van der Waals surface area (Å²) in [6, 6.07) is 16.9. The van der Waals surface area contributed by atoms with Crippen molar-refractivity contribution >= 4 is 21.8 Å². The van der Waals surface area contributed by atoms with Gasteiger partial charge in [0.1, 0.15) is 11.8 Å². The quantitative estimate of drug-likeness (QED) is 0.580. The van der Waals surface area contributed by atoms with Gasteiger partial charge in [0.25, 0.3) is 0 Å². The smallest absolute Gasteiger partial charge is 0.228 e. The largest absolute Gasteiger partial charge is 0.475 e. The first kappa shape index (κ1) is 21.2. The molecule has 1 saturated carbocycles. The molecule has 2 N–H and O–H groups in total. The van der Waals surface area contributed by atoms with Gasteiger partial charge in [-0.15, -0.1) is 0 Å². The Morgan fingerprint density at radius 3 is 2.44 bits per heavy atom. The maximum Gasteiger partial charge on any atom is 0.228 e. The Kier molecular flexibility index (Phi) is 4.74. The highest BCUT2D eigenvalue weighted by molar-refractivity contribution is 9.10. The van der Waals surface area contributed by atoms with E-state index in [1.54, 1.807) is 32.0 Å². The monoisotopic (exact) mass is 497 g/mol. The van der Waals surface area contributed by atoms with Crippen molar-refractivity contribution in [2.24, 2.45) is 13.0 Å². The van der Waals surface area contributed by atoms with E-state index in [2.05, 4.69) is 21.0 Å². The van der Waals surface area contributed by atoms with Crippen LogP contribution in [0.15, 0.2) is 65.3 Å². The molecule has 2 aliphatic rings. The molecule has 0 spiro atoms. The van der Waals surface area contributed by atoms with Crippen molar-refractivity contribution in [2.75, 3.05) is 14.1 Å². The van der Waals surface area contributed by atoms with Gasteiger partial charge in [0.2, 0.25) is 5.91 Å². The molecule has 1 aliphatic carbocycles. The summed E-state index contributed by atoms with van der Waals surface area (Å²) < 4.78 is 8.99. The highest BCUT2D eigenvalue weighted by Gasteiger charge is 2.78. The minimum absolute atomic E-state index is 0.241. The molecule has 5 atom stereocenters. The Labute approximate surface area is 194 Å². The molecule has 0 unspecified atom stereocenters. The third-order valence-corrected chi connectivity index (χ3v) is 7.25. The molecule has 32 heavy (non-hydrogen) atoms. The van der Waals surface area contributed by atoms with Crippen LogP contribution in [0.2, 0.25) is 0 Å². The van der Waals surface area contributed by atoms with Crippen LogP contribution < -0.4 is 4.74 Å². The van der Waals surface area contributed by atoms with Crippen molar-refractivity contribution in [3.05, 3.63) is 82.1 Å². The predicted octanol–water partition coefficient (Wildman–Crippen LogP) is 2.52. The topological polar surface area (TPSA) is 87.8 Å². The molecule has 1 fully saturated rings. The van der Waals surface area contributed by atoms with Crippen LogP contribution >= 0.6 is 15.9 Å². The fourth-order valence-electron chi connectivity index (χ4n) is 5.42. The fraction of sp³-hybridized carbons (Fsp3) is 0.333. The van der Waals surface area contributed by atoms with Gasteiger partial charge in [0.05, 0.1) is 12.1 Å². The van der Waals surface area contributed by atoms with Crippen molar-refractivity contribution in [3.63, 3.8) is 0 Å². The number of benzene rings is 2. The van der Waals surface area contributed by atoms with Crippen LogP contribution in [0.25, 0.3) is 0 Å². The normalized spacial score (nSPS) is 30.5. The average Bonchev–Trinajstić information content (AvgIpc) is 3.32. The molecule has 1 aliphatic heterocycles. The van der Waals surface area contributed by atoms with Crippen molar-refractivity contribution in [1.29, 1.82) is 0 Å². The Balaban J connectivity index is 1.85. The van der Waals surface area contributed by atoms with Gasteiger partial charge in [0.15, 0.2) is 17.0 Å². The molecule has 2 aromatic carbocycles. The van der Waals surface area contributed by atoms with E-state index in [0.717, 1.165) is 10.0 Å². The lowest BCUT2D eigenvalue weighted by Crippen LogP contribution is -2.52. The number of fused-ring (bicyclic) bond motifs is 3. The first-order valence-electron chi connectivity index (χ1n) is 10.4. The number of ether oxygens (including phenoxy) is 1. The van der Waals surface area contributed by atoms with Gasteiger partial charge in [-0.25, -0.2) is 0 Å². The van der Waals surface area contributed by atoms with Crippen LogP contribution in [0.3, 0.4) is 0 Å². The first-order chi connectivity index (χ1) is 15.2. The number of rotatable bonds is 3. The number of amides is 1. The summed E-state index contributed by atoms with van der Waals surface area (Å²) in [6.07, 6.45) is 0.242. The zero-order valence-electron chi connectivity index (χ0n) is 17.9. The number of carbonyl (C=O) groups excluding carboxylic acids is 1. The molecule has 7 nitrogen and oxygen atoms in total. The number of hydrogen-bond acceptors (Lipinski definition) is 5. The van der Waals surface area contributed by atoms with Crippen LogP contribution in [0, 0.1) is 5.92 Å². The summed E-state index contributed by atoms with van der Waals surface area (Å²) >= 11 is 3.46. The maximum absolute atomic E-state index is 13.4. The minimum atomic E-state index is -1.94. The van der Waals surface area contributed by atoms with E-state index in [4.69, 9.17) is 4.74 Å². The number of halogens is 1. The first-order valence-corrected chi connectivity index (χ1v) is 11.2. The van der Waals surface area contributed by atoms with E-state index >= 15 is 0 Å². The Morgan fingerprint density at radius 2 is 1.81 bits per heavy atom. The van der Waals surface area contributed by atoms with Gasteiger partial charge in [0, 0.05) is 31.5 Å². The van der Waals surface area contributed by atoms with Crippen molar-refractivity contribution in [2.45, 2.75) is 23.2 Å². The summed E-state index contributed by atoms with van der Waals surface area (Å²) in [4.78, 5) is 14.9. The number of aliphatic hydroxyl groups is 2. The van der Waals surface area contributed by atoms with Gasteiger partial charge in [-0.05, 0) is 23.3 Å².